The lowest BCUT2D eigenvalue weighted by Gasteiger charge is -2.36. The van der Waals surface area contributed by atoms with Gasteiger partial charge in [0.2, 0.25) is 10.0 Å². The van der Waals surface area contributed by atoms with Crippen molar-refractivity contribution in [2.75, 3.05) is 20.2 Å². The lowest BCUT2D eigenvalue weighted by molar-refractivity contribution is -0.386. The monoisotopic (exact) mass is 329 g/mol. The van der Waals surface area contributed by atoms with Crippen LogP contribution in [-0.2, 0) is 10.0 Å². The van der Waals surface area contributed by atoms with Crippen LogP contribution in [0, 0.1) is 10.1 Å². The zero-order chi connectivity index (χ0) is 16.5. The van der Waals surface area contributed by atoms with Gasteiger partial charge in [0, 0.05) is 31.2 Å². The number of nitro groups is 1. The molecular formula is C13H19N3O5S. The van der Waals surface area contributed by atoms with Gasteiger partial charge in [-0.15, -0.1) is 0 Å². The molecule has 0 amide bonds. The molecule has 0 radical (unpaired) electrons. The quantitative estimate of drug-likeness (QED) is 0.652. The van der Waals surface area contributed by atoms with E-state index in [0.717, 1.165) is 6.07 Å². The van der Waals surface area contributed by atoms with Crippen molar-refractivity contribution < 1.29 is 18.1 Å². The highest BCUT2D eigenvalue weighted by Gasteiger charge is 2.34. The number of hydrogen-bond donors (Lipinski definition) is 1. The van der Waals surface area contributed by atoms with Gasteiger partial charge in [-0.3, -0.25) is 10.1 Å². The van der Waals surface area contributed by atoms with Crippen molar-refractivity contribution in [2.24, 2.45) is 0 Å². The molecule has 0 saturated carbocycles. The largest absolute Gasteiger partial charge is 0.490 e. The zero-order valence-electron chi connectivity index (χ0n) is 12.6. The van der Waals surface area contributed by atoms with Crippen molar-refractivity contribution in [3.63, 3.8) is 0 Å². The molecule has 1 fully saturated rings. The summed E-state index contributed by atoms with van der Waals surface area (Å²) in [5.41, 5.74) is -0.362. The fraction of sp³-hybridized carbons (Fsp3) is 0.538. The van der Waals surface area contributed by atoms with Gasteiger partial charge < -0.3 is 10.1 Å². The van der Waals surface area contributed by atoms with E-state index in [0.29, 0.717) is 13.1 Å². The van der Waals surface area contributed by atoms with Crippen LogP contribution in [0.1, 0.15) is 13.8 Å². The lowest BCUT2D eigenvalue weighted by atomic mass is 10.2. The molecule has 1 heterocycles. The Bertz CT molecular complexity index is 676. The summed E-state index contributed by atoms with van der Waals surface area (Å²) in [7, 11) is -2.49. The van der Waals surface area contributed by atoms with Crippen LogP contribution in [0.5, 0.6) is 5.75 Å². The van der Waals surface area contributed by atoms with Gasteiger partial charge in [-0.05, 0) is 26.0 Å². The Morgan fingerprint density at radius 3 is 2.68 bits per heavy atom. The van der Waals surface area contributed by atoms with E-state index in [1.54, 1.807) is 6.92 Å². The van der Waals surface area contributed by atoms with E-state index in [1.807, 2.05) is 6.92 Å². The standard InChI is InChI=1S/C13H19N3O5S/c1-9-8-15(10(2)7-14-9)22(19,20)11-4-5-13(21-3)12(6-11)16(17)18/h4-6,9-10,14H,7-8H2,1-3H3. The molecule has 8 nitrogen and oxygen atoms in total. The fourth-order valence-electron chi connectivity index (χ4n) is 2.43. The van der Waals surface area contributed by atoms with Gasteiger partial charge in [0.15, 0.2) is 5.75 Å². The Morgan fingerprint density at radius 2 is 2.09 bits per heavy atom. The van der Waals surface area contributed by atoms with Crippen molar-refractivity contribution in [1.29, 1.82) is 0 Å². The molecule has 22 heavy (non-hydrogen) atoms. The van der Waals surface area contributed by atoms with E-state index >= 15 is 0 Å². The van der Waals surface area contributed by atoms with E-state index in [1.165, 1.54) is 23.5 Å². The van der Waals surface area contributed by atoms with E-state index in [-0.39, 0.29) is 28.4 Å². The first-order valence-corrected chi connectivity index (χ1v) is 8.29. The zero-order valence-corrected chi connectivity index (χ0v) is 13.5. The maximum atomic E-state index is 12.8. The highest BCUT2D eigenvalue weighted by molar-refractivity contribution is 7.89. The molecule has 0 aliphatic carbocycles. The first-order valence-electron chi connectivity index (χ1n) is 6.85. The normalized spacial score (nSPS) is 23.2. The second-order valence-electron chi connectivity index (χ2n) is 5.32. The fourth-order valence-corrected chi connectivity index (χ4v) is 4.17. The molecule has 1 aliphatic heterocycles. The van der Waals surface area contributed by atoms with Crippen molar-refractivity contribution in [3.05, 3.63) is 28.3 Å². The number of nitrogens with one attached hydrogen (secondary N) is 1. The summed E-state index contributed by atoms with van der Waals surface area (Å²) < 4.78 is 31.8. The highest BCUT2D eigenvalue weighted by atomic mass is 32.2. The van der Waals surface area contributed by atoms with Crippen LogP contribution in [0.4, 0.5) is 5.69 Å². The van der Waals surface area contributed by atoms with Crippen molar-refractivity contribution in [1.82, 2.24) is 9.62 Å². The molecule has 2 unspecified atom stereocenters. The molecule has 0 spiro atoms. The Hall–Kier alpha value is -1.71. The molecule has 1 aliphatic rings. The van der Waals surface area contributed by atoms with Crippen LogP contribution < -0.4 is 10.1 Å². The third kappa shape index (κ3) is 3.06. The van der Waals surface area contributed by atoms with Crippen LogP contribution in [0.25, 0.3) is 0 Å². The summed E-state index contributed by atoms with van der Waals surface area (Å²) in [6, 6.07) is 3.50. The van der Waals surface area contributed by atoms with Gasteiger partial charge in [-0.25, -0.2) is 8.42 Å². The third-order valence-electron chi connectivity index (χ3n) is 3.66. The molecule has 0 aromatic heterocycles. The van der Waals surface area contributed by atoms with E-state index in [2.05, 4.69) is 5.32 Å². The molecule has 0 bridgehead atoms. The van der Waals surface area contributed by atoms with Gasteiger partial charge in [-0.2, -0.15) is 4.31 Å². The Kier molecular flexibility index (Phi) is 4.69. The van der Waals surface area contributed by atoms with Gasteiger partial charge in [-0.1, -0.05) is 0 Å². The number of benzene rings is 1. The number of methoxy groups -OCH3 is 1. The number of rotatable bonds is 4. The second-order valence-corrected chi connectivity index (χ2v) is 7.21. The average Bonchev–Trinajstić information content (AvgIpc) is 2.48. The van der Waals surface area contributed by atoms with Crippen LogP contribution in [0.3, 0.4) is 0 Å². The first-order chi connectivity index (χ1) is 10.3. The van der Waals surface area contributed by atoms with E-state index < -0.39 is 14.9 Å². The van der Waals surface area contributed by atoms with Gasteiger partial charge in [0.05, 0.1) is 16.9 Å². The molecule has 2 rings (SSSR count). The van der Waals surface area contributed by atoms with Crippen LogP contribution in [0.2, 0.25) is 0 Å². The maximum Gasteiger partial charge on any atom is 0.312 e. The smallest absolute Gasteiger partial charge is 0.312 e. The summed E-state index contributed by atoms with van der Waals surface area (Å²) in [6.45, 7) is 4.56. The number of nitro benzene ring substituents is 1. The topological polar surface area (TPSA) is 102 Å². The third-order valence-corrected chi connectivity index (χ3v) is 5.64. The molecule has 1 saturated heterocycles. The maximum absolute atomic E-state index is 12.8. The number of sulfonamides is 1. The highest BCUT2D eigenvalue weighted by Crippen LogP contribution is 2.31. The number of nitrogens with zero attached hydrogens (tertiary/aromatic N) is 2. The molecule has 122 valence electrons. The number of hydrogen-bond acceptors (Lipinski definition) is 6. The predicted molar refractivity (Wildman–Crippen MR) is 80.5 cm³/mol. The van der Waals surface area contributed by atoms with Gasteiger partial charge in [0.25, 0.3) is 0 Å². The van der Waals surface area contributed by atoms with E-state index in [4.69, 9.17) is 4.74 Å². The van der Waals surface area contributed by atoms with Crippen LogP contribution >= 0.6 is 0 Å². The van der Waals surface area contributed by atoms with Crippen molar-refractivity contribution >= 4 is 15.7 Å². The van der Waals surface area contributed by atoms with Crippen molar-refractivity contribution in [3.8, 4) is 5.75 Å². The van der Waals surface area contributed by atoms with Crippen LogP contribution in [0.15, 0.2) is 23.1 Å². The minimum absolute atomic E-state index is 0.0270. The molecule has 9 heteroatoms. The summed E-state index contributed by atoms with van der Waals surface area (Å²) in [5.74, 6) is 0.0330. The minimum atomic E-state index is -3.79. The number of ether oxygens (including phenoxy) is 1. The molecular weight excluding hydrogens is 310 g/mol. The lowest BCUT2D eigenvalue weighted by Crippen LogP contribution is -2.56. The van der Waals surface area contributed by atoms with Gasteiger partial charge >= 0.3 is 5.69 Å². The summed E-state index contributed by atoms with van der Waals surface area (Å²) >= 11 is 0. The summed E-state index contributed by atoms with van der Waals surface area (Å²) in [4.78, 5) is 10.3. The molecule has 1 N–H and O–H groups in total. The number of piperazine rings is 1. The Balaban J connectivity index is 2.45. The molecule has 1 aromatic rings. The van der Waals surface area contributed by atoms with E-state index in [9.17, 15) is 18.5 Å². The first kappa shape index (κ1) is 16.7. The van der Waals surface area contributed by atoms with Crippen LogP contribution in [-0.4, -0.2) is 49.9 Å². The minimum Gasteiger partial charge on any atom is -0.490 e. The Labute approximate surface area is 129 Å². The molecule has 1 aromatic carbocycles. The van der Waals surface area contributed by atoms with Gasteiger partial charge in [0.1, 0.15) is 0 Å². The summed E-state index contributed by atoms with van der Waals surface area (Å²) in [5, 5.41) is 14.3. The predicted octanol–water partition coefficient (Wildman–Crippen LogP) is 0.974. The second kappa shape index (κ2) is 6.19. The average molecular weight is 329 g/mol. The molecule has 2 atom stereocenters. The SMILES string of the molecule is COc1ccc(S(=O)(=O)N2CC(C)NCC2C)cc1[N+](=O)[O-]. The summed E-state index contributed by atoms with van der Waals surface area (Å²) in [6.07, 6.45) is 0. The Morgan fingerprint density at radius 1 is 1.41 bits per heavy atom. The van der Waals surface area contributed by atoms with Crippen molar-refractivity contribution in [2.45, 2.75) is 30.8 Å².